The minimum Gasteiger partial charge on any atom is -0.387 e. The highest BCUT2D eigenvalue weighted by Crippen LogP contribution is 2.43. The van der Waals surface area contributed by atoms with Gasteiger partial charge in [0.1, 0.15) is 36.1 Å². The molecule has 24 heavy (non-hydrogen) atoms. The number of anilines is 1. The predicted molar refractivity (Wildman–Crippen MR) is 80.7 cm³/mol. The van der Waals surface area contributed by atoms with Crippen molar-refractivity contribution in [3.8, 4) is 0 Å². The van der Waals surface area contributed by atoms with Crippen LogP contribution in [0.2, 0.25) is 0 Å². The van der Waals surface area contributed by atoms with Crippen LogP contribution in [0.4, 0.5) is 5.82 Å². The van der Waals surface area contributed by atoms with Gasteiger partial charge in [-0.15, -0.1) is 0 Å². The van der Waals surface area contributed by atoms with Crippen LogP contribution < -0.4 is 5.73 Å². The summed E-state index contributed by atoms with van der Waals surface area (Å²) in [5.74, 6) is 0.271. The molecule has 0 aliphatic carbocycles. The van der Waals surface area contributed by atoms with Gasteiger partial charge in [-0.3, -0.25) is 9.05 Å². The Labute approximate surface area is 136 Å². The van der Waals surface area contributed by atoms with Crippen molar-refractivity contribution in [3.63, 3.8) is 0 Å². The number of phosphoric ester groups is 1. The second-order valence-electron chi connectivity index (χ2n) is 5.21. The Balaban J connectivity index is 1.82. The second kappa shape index (κ2) is 6.37. The minimum absolute atomic E-state index is 0.271. The number of ether oxygens (including phenoxy) is 1. The van der Waals surface area contributed by atoms with Gasteiger partial charge in [-0.1, -0.05) is 0 Å². The van der Waals surface area contributed by atoms with Crippen LogP contribution in [0.15, 0.2) is 18.6 Å². The monoisotopic (exact) mass is 360 g/mol. The smallest absolute Gasteiger partial charge is 0.387 e. The van der Waals surface area contributed by atoms with Gasteiger partial charge in [0.2, 0.25) is 0 Å². The molecular weight excluding hydrogens is 343 g/mol. The molecule has 0 bridgehead atoms. The zero-order chi connectivity index (χ0) is 17.5. The maximum atomic E-state index is 11.3. The number of fused-ring (bicyclic) bond motifs is 1. The lowest BCUT2D eigenvalue weighted by atomic mass is 10.1. The zero-order valence-electron chi connectivity index (χ0n) is 12.6. The first kappa shape index (κ1) is 17.2. The van der Waals surface area contributed by atoms with Crippen molar-refractivity contribution in [2.24, 2.45) is 0 Å². The van der Waals surface area contributed by atoms with Crippen molar-refractivity contribution in [3.05, 3.63) is 18.6 Å². The summed E-state index contributed by atoms with van der Waals surface area (Å²) in [5.41, 5.74) is 6.18. The minimum atomic E-state index is -4.21. The molecule has 2 aromatic heterocycles. The van der Waals surface area contributed by atoms with Crippen molar-refractivity contribution < 1.29 is 33.5 Å². The number of aliphatic hydroxyl groups is 2. The summed E-state index contributed by atoms with van der Waals surface area (Å²) in [6.45, 7) is -0.438. The van der Waals surface area contributed by atoms with Gasteiger partial charge in [-0.05, 0) is 6.07 Å². The Hall–Kier alpha value is -1.59. The number of rotatable bonds is 5. The molecule has 0 amide bonds. The number of hydrogen-bond donors (Lipinski definition) is 4. The SMILES string of the molecule is COP(=O)(O)OC[C@H]1O[C@@H](n2ccc3c(N)ncnc32)[C@H](O)[C@@H]1O. The molecule has 1 saturated heterocycles. The Kier molecular flexibility index (Phi) is 4.58. The zero-order valence-corrected chi connectivity index (χ0v) is 13.5. The summed E-state index contributed by atoms with van der Waals surface area (Å²) in [7, 11) is -3.20. The van der Waals surface area contributed by atoms with E-state index in [1.54, 1.807) is 12.3 Å². The maximum Gasteiger partial charge on any atom is 0.472 e. The number of nitrogens with two attached hydrogens (primary N) is 1. The van der Waals surface area contributed by atoms with Crippen LogP contribution in [0, 0.1) is 0 Å². The topological polar surface area (TPSA) is 162 Å². The van der Waals surface area contributed by atoms with Gasteiger partial charge in [-0.25, -0.2) is 14.5 Å². The number of aliphatic hydroxyl groups excluding tert-OH is 2. The van der Waals surface area contributed by atoms with Crippen molar-refractivity contribution in [2.75, 3.05) is 19.5 Å². The van der Waals surface area contributed by atoms with Crippen molar-refractivity contribution in [1.82, 2.24) is 14.5 Å². The Morgan fingerprint density at radius 1 is 1.42 bits per heavy atom. The maximum absolute atomic E-state index is 11.3. The average Bonchev–Trinajstić information content (AvgIpc) is 3.10. The molecule has 5 N–H and O–H groups in total. The molecule has 1 aliphatic rings. The van der Waals surface area contributed by atoms with E-state index < -0.39 is 39.0 Å². The molecule has 1 fully saturated rings. The molecular formula is C12H17N4O7P. The highest BCUT2D eigenvalue weighted by Gasteiger charge is 2.45. The molecule has 0 radical (unpaired) electrons. The average molecular weight is 360 g/mol. The van der Waals surface area contributed by atoms with E-state index >= 15 is 0 Å². The number of aromatic nitrogens is 3. The highest BCUT2D eigenvalue weighted by atomic mass is 31.2. The first-order valence-electron chi connectivity index (χ1n) is 6.95. The van der Waals surface area contributed by atoms with Gasteiger partial charge in [-0.2, -0.15) is 0 Å². The lowest BCUT2D eigenvalue weighted by Crippen LogP contribution is -2.33. The third-order valence-corrected chi connectivity index (χ3v) is 4.72. The van der Waals surface area contributed by atoms with E-state index in [0.717, 1.165) is 7.11 Å². The normalized spacial score (nSPS) is 29.8. The molecule has 2 aromatic rings. The first-order valence-corrected chi connectivity index (χ1v) is 8.45. The van der Waals surface area contributed by atoms with Crippen molar-refractivity contribution in [2.45, 2.75) is 24.5 Å². The Morgan fingerprint density at radius 2 is 2.17 bits per heavy atom. The molecule has 1 unspecified atom stereocenters. The van der Waals surface area contributed by atoms with Crippen LogP contribution in [0.3, 0.4) is 0 Å². The summed E-state index contributed by atoms with van der Waals surface area (Å²) in [6, 6.07) is 1.66. The highest BCUT2D eigenvalue weighted by molar-refractivity contribution is 7.47. The van der Waals surface area contributed by atoms with Gasteiger partial charge in [0.05, 0.1) is 12.0 Å². The van der Waals surface area contributed by atoms with Crippen LogP contribution in [0.1, 0.15) is 6.23 Å². The molecule has 12 heteroatoms. The molecule has 1 aliphatic heterocycles. The molecule has 11 nitrogen and oxygen atoms in total. The molecule has 0 aromatic carbocycles. The first-order chi connectivity index (χ1) is 11.3. The van der Waals surface area contributed by atoms with E-state index in [-0.39, 0.29) is 5.82 Å². The van der Waals surface area contributed by atoms with E-state index in [9.17, 15) is 19.7 Å². The largest absolute Gasteiger partial charge is 0.472 e. The van der Waals surface area contributed by atoms with Gasteiger partial charge in [0.15, 0.2) is 6.23 Å². The lowest BCUT2D eigenvalue weighted by molar-refractivity contribution is -0.0506. The van der Waals surface area contributed by atoms with Gasteiger partial charge >= 0.3 is 7.82 Å². The van der Waals surface area contributed by atoms with Crippen LogP contribution in [-0.4, -0.2) is 61.7 Å². The Bertz CT molecular complexity index is 784. The standard InChI is InChI=1S/C12H17N4O7P/c1-21-24(19,20)22-4-7-8(17)9(18)12(23-7)16-3-2-6-10(13)14-5-15-11(6)16/h2-3,5,7-9,12,17-18H,4H2,1H3,(H,19,20)(H2,13,14,15)/t7-,8-,9-,12-/m1/s1. The summed E-state index contributed by atoms with van der Waals surface area (Å²) >= 11 is 0. The summed E-state index contributed by atoms with van der Waals surface area (Å²) in [6.07, 6.45) is -1.77. The van der Waals surface area contributed by atoms with E-state index in [0.29, 0.717) is 11.0 Å². The molecule has 0 spiro atoms. The van der Waals surface area contributed by atoms with E-state index in [4.69, 9.17) is 15.0 Å². The molecule has 5 atom stereocenters. The summed E-state index contributed by atoms with van der Waals surface area (Å²) < 4.78 is 27.4. The molecule has 3 rings (SSSR count). The van der Waals surface area contributed by atoms with Crippen molar-refractivity contribution >= 4 is 24.7 Å². The van der Waals surface area contributed by atoms with E-state index in [1.165, 1.54) is 10.9 Å². The molecule has 132 valence electrons. The predicted octanol–water partition coefficient (Wildman–Crippen LogP) is -0.604. The fraction of sp³-hybridized carbons (Fsp3) is 0.500. The second-order valence-corrected chi connectivity index (χ2v) is 6.77. The third kappa shape index (κ3) is 3.03. The number of phosphoric acid groups is 1. The Morgan fingerprint density at radius 3 is 2.88 bits per heavy atom. The van der Waals surface area contributed by atoms with Gasteiger partial charge in [0.25, 0.3) is 0 Å². The van der Waals surface area contributed by atoms with Crippen LogP contribution >= 0.6 is 7.82 Å². The summed E-state index contributed by atoms with van der Waals surface area (Å²) in [5, 5.41) is 20.9. The van der Waals surface area contributed by atoms with Gasteiger partial charge < -0.3 is 30.1 Å². The molecule has 3 heterocycles. The van der Waals surface area contributed by atoms with Crippen molar-refractivity contribution in [1.29, 1.82) is 0 Å². The van der Waals surface area contributed by atoms with E-state index in [1.807, 2.05) is 0 Å². The third-order valence-electron chi connectivity index (χ3n) is 3.78. The fourth-order valence-corrected chi connectivity index (χ4v) is 2.95. The summed E-state index contributed by atoms with van der Waals surface area (Å²) in [4.78, 5) is 17.2. The van der Waals surface area contributed by atoms with Crippen LogP contribution in [0.5, 0.6) is 0 Å². The number of nitrogens with zero attached hydrogens (tertiary/aromatic N) is 3. The number of nitrogen functional groups attached to an aromatic ring is 1. The lowest BCUT2D eigenvalue weighted by Gasteiger charge is -2.17. The number of hydrogen-bond acceptors (Lipinski definition) is 9. The quantitative estimate of drug-likeness (QED) is 0.506. The van der Waals surface area contributed by atoms with E-state index in [2.05, 4.69) is 14.5 Å². The van der Waals surface area contributed by atoms with Crippen LogP contribution in [-0.2, 0) is 18.3 Å². The molecule has 0 saturated carbocycles. The van der Waals surface area contributed by atoms with Gasteiger partial charge in [0, 0.05) is 13.3 Å². The van der Waals surface area contributed by atoms with Crippen LogP contribution in [0.25, 0.3) is 11.0 Å². The fourth-order valence-electron chi connectivity index (χ4n) is 2.51.